The maximum Gasteiger partial charge on any atom is 0.262 e. The lowest BCUT2D eigenvalue weighted by Gasteiger charge is -2.19. The number of anilines is 3. The van der Waals surface area contributed by atoms with Crippen molar-refractivity contribution in [2.75, 3.05) is 17.2 Å². The number of rotatable bonds is 3. The van der Waals surface area contributed by atoms with E-state index in [4.69, 9.17) is 9.72 Å². The van der Waals surface area contributed by atoms with Crippen LogP contribution in [-0.2, 0) is 4.79 Å². The van der Waals surface area contributed by atoms with Crippen molar-refractivity contribution >= 4 is 45.3 Å². The predicted octanol–water partition coefficient (Wildman–Crippen LogP) is 4.43. The molecule has 0 atom stereocenters. The Hall–Kier alpha value is -3.45. The topological polar surface area (TPSA) is 76.1 Å². The van der Waals surface area contributed by atoms with E-state index in [-0.39, 0.29) is 12.5 Å². The Balaban J connectivity index is 1.58. The molecule has 0 bridgehead atoms. The minimum absolute atomic E-state index is 0.0420. The zero-order valence-electron chi connectivity index (χ0n) is 14.1. The maximum atomic E-state index is 11.6. The van der Waals surface area contributed by atoms with E-state index in [9.17, 15) is 4.79 Å². The molecule has 0 fully saturated rings. The third kappa shape index (κ3) is 2.98. The summed E-state index contributed by atoms with van der Waals surface area (Å²) >= 11 is 1.61. The Morgan fingerprint density at radius 2 is 2.04 bits per heavy atom. The third-order valence-electron chi connectivity index (χ3n) is 4.26. The number of benzene rings is 2. The van der Waals surface area contributed by atoms with Crippen LogP contribution < -0.4 is 15.4 Å². The van der Waals surface area contributed by atoms with E-state index in [2.05, 4.69) is 15.6 Å². The monoisotopic (exact) mass is 374 g/mol. The molecule has 1 aliphatic rings. The fourth-order valence-corrected chi connectivity index (χ4v) is 3.62. The fraction of sp³-hybridized carbons (Fsp3) is 0.0500. The van der Waals surface area contributed by atoms with Gasteiger partial charge in [0.15, 0.2) is 12.4 Å². The molecule has 3 heterocycles. The second-order valence-corrected chi connectivity index (χ2v) is 6.88. The summed E-state index contributed by atoms with van der Waals surface area (Å²) in [5.41, 5.74) is 3.30. The zero-order chi connectivity index (χ0) is 18.2. The molecule has 27 heavy (non-hydrogen) atoms. The fourth-order valence-electron chi connectivity index (χ4n) is 2.99. The van der Waals surface area contributed by atoms with Crippen LogP contribution in [0.3, 0.4) is 0 Å². The highest BCUT2D eigenvalue weighted by molar-refractivity contribution is 7.08. The maximum absolute atomic E-state index is 11.6. The number of nitrogens with one attached hydrogen (secondary N) is 2. The number of hydrogen-bond acceptors (Lipinski definition) is 6. The van der Waals surface area contributed by atoms with Crippen molar-refractivity contribution in [3.8, 4) is 17.1 Å². The van der Waals surface area contributed by atoms with Crippen molar-refractivity contribution < 1.29 is 9.53 Å². The van der Waals surface area contributed by atoms with Gasteiger partial charge in [-0.25, -0.2) is 9.97 Å². The first kappa shape index (κ1) is 15.8. The quantitative estimate of drug-likeness (QED) is 0.555. The van der Waals surface area contributed by atoms with Crippen LogP contribution in [0, 0.1) is 0 Å². The van der Waals surface area contributed by atoms with Crippen LogP contribution in [-0.4, -0.2) is 22.5 Å². The number of hydrogen-bond donors (Lipinski definition) is 2. The Kier molecular flexibility index (Phi) is 3.72. The molecule has 0 spiro atoms. The number of carbonyl (C=O) groups excluding carboxylic acids is 1. The minimum atomic E-state index is -0.160. The standard InChI is InChI=1S/C20H14N4O2S/c25-18-10-26-17-6-5-13(9-16(17)22-18)21-20-14-3-1-2-4-15(14)23-19(24-20)12-7-8-27-11-12/h1-9,11H,10H2,(H,22,25)(H,21,23,24). The van der Waals surface area contributed by atoms with E-state index in [0.717, 1.165) is 22.2 Å². The van der Waals surface area contributed by atoms with Crippen molar-refractivity contribution in [1.29, 1.82) is 0 Å². The van der Waals surface area contributed by atoms with Crippen LogP contribution in [0.1, 0.15) is 0 Å². The number of para-hydroxylation sites is 1. The molecule has 6 nitrogen and oxygen atoms in total. The molecule has 2 N–H and O–H groups in total. The molecule has 0 radical (unpaired) electrons. The molecule has 0 aliphatic carbocycles. The Morgan fingerprint density at radius 3 is 2.93 bits per heavy atom. The van der Waals surface area contributed by atoms with Crippen molar-refractivity contribution in [3.05, 3.63) is 59.3 Å². The van der Waals surface area contributed by atoms with Crippen molar-refractivity contribution in [2.45, 2.75) is 0 Å². The van der Waals surface area contributed by atoms with E-state index in [1.54, 1.807) is 11.3 Å². The smallest absolute Gasteiger partial charge is 0.262 e. The number of thiophene rings is 1. The van der Waals surface area contributed by atoms with Gasteiger partial charge >= 0.3 is 0 Å². The van der Waals surface area contributed by atoms with Gasteiger partial charge in [-0.05, 0) is 41.8 Å². The van der Waals surface area contributed by atoms with Gasteiger partial charge in [0, 0.05) is 22.0 Å². The minimum Gasteiger partial charge on any atom is -0.482 e. The Morgan fingerprint density at radius 1 is 1.11 bits per heavy atom. The number of amides is 1. The highest BCUT2D eigenvalue weighted by atomic mass is 32.1. The molecule has 1 amide bonds. The van der Waals surface area contributed by atoms with Gasteiger partial charge in [-0.3, -0.25) is 4.79 Å². The Labute approximate surface area is 158 Å². The summed E-state index contributed by atoms with van der Waals surface area (Å²) < 4.78 is 5.41. The normalized spacial score (nSPS) is 13.0. The van der Waals surface area contributed by atoms with E-state index in [1.807, 2.05) is 59.3 Å². The van der Waals surface area contributed by atoms with E-state index in [0.29, 0.717) is 23.1 Å². The molecular formula is C20H14N4O2S. The number of aromatic nitrogens is 2. The van der Waals surface area contributed by atoms with Gasteiger partial charge in [0.1, 0.15) is 11.6 Å². The van der Waals surface area contributed by atoms with E-state index >= 15 is 0 Å². The van der Waals surface area contributed by atoms with Gasteiger partial charge in [-0.1, -0.05) is 12.1 Å². The molecule has 7 heteroatoms. The largest absolute Gasteiger partial charge is 0.482 e. The molecule has 5 rings (SSSR count). The summed E-state index contributed by atoms with van der Waals surface area (Å²) in [4.78, 5) is 21.0. The lowest BCUT2D eigenvalue weighted by Crippen LogP contribution is -2.25. The number of carbonyl (C=O) groups is 1. The van der Waals surface area contributed by atoms with Gasteiger partial charge in [0.2, 0.25) is 0 Å². The molecule has 4 aromatic rings. The molecule has 2 aromatic heterocycles. The zero-order valence-corrected chi connectivity index (χ0v) is 14.9. The van der Waals surface area contributed by atoms with Crippen molar-refractivity contribution in [1.82, 2.24) is 9.97 Å². The summed E-state index contributed by atoms with van der Waals surface area (Å²) in [6, 6.07) is 15.5. The first-order valence-corrected chi connectivity index (χ1v) is 9.34. The molecule has 0 saturated carbocycles. The lowest BCUT2D eigenvalue weighted by molar-refractivity contribution is -0.118. The highest BCUT2D eigenvalue weighted by Crippen LogP contribution is 2.33. The van der Waals surface area contributed by atoms with Crippen LogP contribution >= 0.6 is 11.3 Å². The molecular weight excluding hydrogens is 360 g/mol. The molecule has 0 saturated heterocycles. The lowest BCUT2D eigenvalue weighted by atomic mass is 10.2. The van der Waals surface area contributed by atoms with Crippen molar-refractivity contribution in [2.24, 2.45) is 0 Å². The Bertz CT molecular complexity index is 1160. The SMILES string of the molecule is O=C1COc2ccc(Nc3nc(-c4ccsc4)nc4ccccc34)cc2N1. The van der Waals surface area contributed by atoms with Crippen LogP contribution in [0.2, 0.25) is 0 Å². The molecule has 0 unspecified atom stereocenters. The van der Waals surface area contributed by atoms with Crippen LogP contribution in [0.4, 0.5) is 17.2 Å². The van der Waals surface area contributed by atoms with Crippen LogP contribution in [0.15, 0.2) is 59.3 Å². The average molecular weight is 374 g/mol. The summed E-state index contributed by atoms with van der Waals surface area (Å²) in [6.07, 6.45) is 0. The van der Waals surface area contributed by atoms with E-state index < -0.39 is 0 Å². The summed E-state index contributed by atoms with van der Waals surface area (Å²) in [7, 11) is 0. The number of nitrogens with zero attached hydrogens (tertiary/aromatic N) is 2. The third-order valence-corrected chi connectivity index (χ3v) is 4.94. The molecule has 1 aliphatic heterocycles. The van der Waals surface area contributed by atoms with E-state index in [1.165, 1.54) is 0 Å². The van der Waals surface area contributed by atoms with Gasteiger partial charge in [-0.15, -0.1) is 0 Å². The molecule has 132 valence electrons. The summed E-state index contributed by atoms with van der Waals surface area (Å²) in [5, 5.41) is 11.1. The molecule has 2 aromatic carbocycles. The first-order valence-electron chi connectivity index (χ1n) is 8.39. The highest BCUT2D eigenvalue weighted by Gasteiger charge is 2.17. The van der Waals surface area contributed by atoms with Crippen molar-refractivity contribution in [3.63, 3.8) is 0 Å². The average Bonchev–Trinajstić information content (AvgIpc) is 3.22. The van der Waals surface area contributed by atoms with Gasteiger partial charge in [0.05, 0.1) is 11.2 Å². The second-order valence-electron chi connectivity index (χ2n) is 6.10. The second kappa shape index (κ2) is 6.37. The first-order chi connectivity index (χ1) is 13.3. The number of fused-ring (bicyclic) bond motifs is 2. The predicted molar refractivity (Wildman–Crippen MR) is 107 cm³/mol. The van der Waals surface area contributed by atoms with Gasteiger partial charge < -0.3 is 15.4 Å². The number of ether oxygens (including phenoxy) is 1. The van der Waals surface area contributed by atoms with Crippen LogP contribution in [0.25, 0.3) is 22.3 Å². The summed E-state index contributed by atoms with van der Waals surface area (Å²) in [6.45, 7) is 0.0420. The summed E-state index contributed by atoms with van der Waals surface area (Å²) in [5.74, 6) is 1.88. The van der Waals surface area contributed by atoms with Gasteiger partial charge in [-0.2, -0.15) is 11.3 Å². The van der Waals surface area contributed by atoms with Gasteiger partial charge in [0.25, 0.3) is 5.91 Å². The van der Waals surface area contributed by atoms with Crippen LogP contribution in [0.5, 0.6) is 5.75 Å².